The fourth-order valence-electron chi connectivity index (χ4n) is 2.72. The maximum Gasteiger partial charge on any atom is 0.232 e. The number of ether oxygens (including phenoxy) is 1. The Kier molecular flexibility index (Phi) is 4.33. The molecule has 3 aromatic rings. The maximum absolute atomic E-state index is 5.88. The van der Waals surface area contributed by atoms with Gasteiger partial charge in [-0.1, -0.05) is 41.7 Å². The van der Waals surface area contributed by atoms with E-state index in [0.717, 1.165) is 41.6 Å². The molecule has 0 unspecified atom stereocenters. The zero-order valence-corrected chi connectivity index (χ0v) is 13.9. The summed E-state index contributed by atoms with van der Waals surface area (Å²) in [4.78, 5) is 10.5. The Morgan fingerprint density at radius 1 is 1.04 bits per heavy atom. The van der Waals surface area contributed by atoms with Crippen LogP contribution in [0.15, 0.2) is 48.9 Å². The Morgan fingerprint density at radius 3 is 2.62 bits per heavy atom. The largest absolute Gasteiger partial charge is 0.473 e. The Morgan fingerprint density at radius 2 is 1.88 bits per heavy atom. The van der Waals surface area contributed by atoms with Gasteiger partial charge in [0.15, 0.2) is 0 Å². The third-order valence-corrected chi connectivity index (χ3v) is 5.01. The molecule has 3 heterocycles. The molecule has 24 heavy (non-hydrogen) atoms. The molecule has 0 radical (unpaired) electrons. The highest BCUT2D eigenvalue weighted by molar-refractivity contribution is 7.18. The van der Waals surface area contributed by atoms with Crippen molar-refractivity contribution in [2.24, 2.45) is 0 Å². The Hall–Kier alpha value is -2.54. The first kappa shape index (κ1) is 15.0. The van der Waals surface area contributed by atoms with Gasteiger partial charge in [-0.15, -0.1) is 10.2 Å². The smallest absolute Gasteiger partial charge is 0.232 e. The van der Waals surface area contributed by atoms with Gasteiger partial charge in [-0.2, -0.15) is 0 Å². The molecule has 1 aliphatic rings. The van der Waals surface area contributed by atoms with E-state index in [4.69, 9.17) is 4.74 Å². The van der Waals surface area contributed by atoms with E-state index < -0.39 is 0 Å². The second-order valence-electron chi connectivity index (χ2n) is 5.60. The molecule has 0 atom stereocenters. The molecule has 1 fully saturated rings. The van der Waals surface area contributed by atoms with Crippen LogP contribution in [0.3, 0.4) is 0 Å². The summed E-state index contributed by atoms with van der Waals surface area (Å²) in [7, 11) is 0. The van der Waals surface area contributed by atoms with Crippen molar-refractivity contribution in [3.63, 3.8) is 0 Å². The summed E-state index contributed by atoms with van der Waals surface area (Å²) in [6.07, 6.45) is 7.02. The number of hydrogen-bond donors (Lipinski definition) is 0. The minimum Gasteiger partial charge on any atom is -0.473 e. The lowest BCUT2D eigenvalue weighted by molar-refractivity contribution is 0.163. The lowest BCUT2D eigenvalue weighted by Crippen LogP contribution is -2.38. The molecule has 7 heteroatoms. The zero-order chi connectivity index (χ0) is 16.2. The summed E-state index contributed by atoms with van der Waals surface area (Å²) in [5.74, 6) is 0.596. The molecule has 4 rings (SSSR count). The lowest BCUT2D eigenvalue weighted by atomic mass is 10.1. The summed E-state index contributed by atoms with van der Waals surface area (Å²) in [6, 6.07) is 10.2. The number of rotatable bonds is 4. The van der Waals surface area contributed by atoms with Crippen LogP contribution in [-0.4, -0.2) is 39.4 Å². The van der Waals surface area contributed by atoms with Crippen molar-refractivity contribution >= 4 is 16.5 Å². The molecule has 1 aliphatic heterocycles. The van der Waals surface area contributed by atoms with Gasteiger partial charge in [0.25, 0.3) is 0 Å². The summed E-state index contributed by atoms with van der Waals surface area (Å²) < 4.78 is 5.88. The molecule has 0 spiro atoms. The van der Waals surface area contributed by atoms with Crippen molar-refractivity contribution in [3.8, 4) is 16.5 Å². The normalized spacial score (nSPS) is 15.4. The van der Waals surface area contributed by atoms with Crippen LogP contribution >= 0.6 is 11.3 Å². The molecular formula is C17H17N5OS. The van der Waals surface area contributed by atoms with Gasteiger partial charge in [0.05, 0.1) is 6.20 Å². The lowest BCUT2D eigenvalue weighted by Gasteiger charge is -2.31. The van der Waals surface area contributed by atoms with Gasteiger partial charge in [0.1, 0.15) is 11.1 Å². The highest BCUT2D eigenvalue weighted by atomic mass is 32.1. The Balaban J connectivity index is 1.37. The van der Waals surface area contributed by atoms with Crippen molar-refractivity contribution in [2.75, 3.05) is 18.0 Å². The average molecular weight is 339 g/mol. The van der Waals surface area contributed by atoms with Crippen LogP contribution in [0.1, 0.15) is 12.8 Å². The van der Waals surface area contributed by atoms with Crippen LogP contribution in [0.4, 0.5) is 5.13 Å². The third-order valence-electron chi connectivity index (χ3n) is 3.97. The number of anilines is 1. The van der Waals surface area contributed by atoms with Gasteiger partial charge in [-0.3, -0.25) is 4.98 Å². The van der Waals surface area contributed by atoms with Crippen molar-refractivity contribution in [1.29, 1.82) is 0 Å². The van der Waals surface area contributed by atoms with Gasteiger partial charge >= 0.3 is 0 Å². The van der Waals surface area contributed by atoms with Crippen LogP contribution in [0, 0.1) is 0 Å². The summed E-state index contributed by atoms with van der Waals surface area (Å²) in [6.45, 7) is 1.82. The zero-order valence-electron chi connectivity index (χ0n) is 13.1. The SMILES string of the molecule is c1ccc(-c2nnc(N3CCC(Oc4cnccn4)CC3)s2)cc1. The molecule has 0 bridgehead atoms. The molecule has 0 aliphatic carbocycles. The minimum absolute atomic E-state index is 0.180. The highest BCUT2D eigenvalue weighted by Crippen LogP contribution is 2.30. The van der Waals surface area contributed by atoms with Crippen LogP contribution in [0.25, 0.3) is 10.6 Å². The first-order valence-corrected chi connectivity index (χ1v) is 8.77. The van der Waals surface area contributed by atoms with Gasteiger partial charge in [0, 0.05) is 43.9 Å². The van der Waals surface area contributed by atoms with Crippen molar-refractivity contribution in [3.05, 3.63) is 48.9 Å². The number of benzene rings is 1. The highest BCUT2D eigenvalue weighted by Gasteiger charge is 2.23. The summed E-state index contributed by atoms with van der Waals surface area (Å²) in [5, 5.41) is 10.6. The van der Waals surface area contributed by atoms with E-state index in [1.807, 2.05) is 18.2 Å². The molecule has 2 aromatic heterocycles. The van der Waals surface area contributed by atoms with E-state index in [-0.39, 0.29) is 6.10 Å². The number of piperidine rings is 1. The molecule has 0 saturated carbocycles. The standard InChI is InChI=1S/C17H17N5OS/c1-2-4-13(5-3-1)16-20-21-17(24-16)22-10-6-14(7-11-22)23-15-12-18-8-9-19-15/h1-5,8-9,12,14H,6-7,10-11H2. The Bertz CT molecular complexity index is 772. The topological polar surface area (TPSA) is 64.0 Å². The van der Waals surface area contributed by atoms with Crippen LogP contribution in [0.5, 0.6) is 5.88 Å². The molecule has 1 saturated heterocycles. The van der Waals surface area contributed by atoms with Crippen molar-refractivity contribution in [2.45, 2.75) is 18.9 Å². The van der Waals surface area contributed by atoms with Crippen molar-refractivity contribution in [1.82, 2.24) is 20.2 Å². The molecule has 0 N–H and O–H groups in total. The first-order chi connectivity index (χ1) is 11.9. The molecular weight excluding hydrogens is 322 g/mol. The number of hydrogen-bond acceptors (Lipinski definition) is 7. The second kappa shape index (κ2) is 6.92. The monoisotopic (exact) mass is 339 g/mol. The predicted molar refractivity (Wildman–Crippen MR) is 93.2 cm³/mol. The van der Waals surface area contributed by atoms with Crippen molar-refractivity contribution < 1.29 is 4.74 Å². The van der Waals surface area contributed by atoms with E-state index in [1.165, 1.54) is 0 Å². The third kappa shape index (κ3) is 3.35. The van der Waals surface area contributed by atoms with Gasteiger partial charge < -0.3 is 9.64 Å². The number of aromatic nitrogens is 4. The Labute approximate surface area is 144 Å². The van der Waals surface area contributed by atoms with E-state index in [9.17, 15) is 0 Å². The summed E-state index contributed by atoms with van der Waals surface area (Å²) in [5.41, 5.74) is 1.11. The van der Waals surface area contributed by atoms with E-state index in [1.54, 1.807) is 29.9 Å². The fraction of sp³-hybridized carbons (Fsp3) is 0.294. The number of nitrogens with zero attached hydrogens (tertiary/aromatic N) is 5. The summed E-state index contributed by atoms with van der Waals surface area (Å²) >= 11 is 1.64. The van der Waals surface area contributed by atoms with Gasteiger partial charge in [-0.05, 0) is 0 Å². The van der Waals surface area contributed by atoms with E-state index in [0.29, 0.717) is 5.88 Å². The van der Waals surface area contributed by atoms with E-state index >= 15 is 0 Å². The van der Waals surface area contributed by atoms with Gasteiger partial charge in [0.2, 0.25) is 11.0 Å². The second-order valence-corrected chi connectivity index (χ2v) is 6.56. The first-order valence-electron chi connectivity index (χ1n) is 7.95. The quantitative estimate of drug-likeness (QED) is 0.728. The molecule has 0 amide bonds. The fourth-order valence-corrected chi connectivity index (χ4v) is 3.62. The molecule has 6 nitrogen and oxygen atoms in total. The van der Waals surface area contributed by atoms with Crippen LogP contribution < -0.4 is 9.64 Å². The maximum atomic E-state index is 5.88. The molecule has 1 aromatic carbocycles. The average Bonchev–Trinajstić information content (AvgIpc) is 3.14. The van der Waals surface area contributed by atoms with Gasteiger partial charge in [-0.25, -0.2) is 4.98 Å². The van der Waals surface area contributed by atoms with E-state index in [2.05, 4.69) is 37.2 Å². The van der Waals surface area contributed by atoms with Crippen LogP contribution in [-0.2, 0) is 0 Å². The molecule has 122 valence electrons. The van der Waals surface area contributed by atoms with Crippen LogP contribution in [0.2, 0.25) is 0 Å². The predicted octanol–water partition coefficient (Wildman–Crippen LogP) is 3.04. The minimum atomic E-state index is 0.180.